The summed E-state index contributed by atoms with van der Waals surface area (Å²) in [5.41, 5.74) is 1.88. The molecule has 0 aliphatic rings. The molecule has 0 amide bonds. The summed E-state index contributed by atoms with van der Waals surface area (Å²) in [5, 5.41) is 1.15. The lowest BCUT2D eigenvalue weighted by Gasteiger charge is -2.10. The number of hydrogen-bond donors (Lipinski definition) is 0. The average molecular weight is 407 g/mol. The molecule has 0 aliphatic heterocycles. The Labute approximate surface area is 173 Å². The molecule has 1 aromatic heterocycles. The molecule has 4 nitrogen and oxygen atoms in total. The Bertz CT molecular complexity index is 1200. The molecular weight excluding hydrogens is 388 g/mol. The highest BCUT2D eigenvalue weighted by molar-refractivity contribution is 6.30. The Hall–Kier alpha value is -3.24. The van der Waals surface area contributed by atoms with Crippen molar-refractivity contribution in [2.45, 2.75) is 6.92 Å². The van der Waals surface area contributed by atoms with Crippen molar-refractivity contribution in [3.63, 3.8) is 0 Å². The highest BCUT2D eigenvalue weighted by Crippen LogP contribution is 2.26. The van der Waals surface area contributed by atoms with Crippen LogP contribution in [0.4, 0.5) is 0 Å². The first kappa shape index (κ1) is 19.1. The molecule has 1 heterocycles. The Kier molecular flexibility index (Phi) is 5.54. The third kappa shape index (κ3) is 4.28. The van der Waals surface area contributed by atoms with E-state index in [1.807, 2.05) is 42.5 Å². The molecule has 0 saturated carbocycles. The summed E-state index contributed by atoms with van der Waals surface area (Å²) >= 11 is 5.94. The van der Waals surface area contributed by atoms with Gasteiger partial charge in [0.2, 0.25) is 5.43 Å². The summed E-state index contributed by atoms with van der Waals surface area (Å²) < 4.78 is 17.3. The molecule has 0 atom stereocenters. The Balaban J connectivity index is 1.50. The quantitative estimate of drug-likeness (QED) is 0.375. The predicted octanol–water partition coefficient (Wildman–Crippen LogP) is 5.88. The number of benzene rings is 3. The second kappa shape index (κ2) is 8.41. The fourth-order valence-electron chi connectivity index (χ4n) is 3.19. The average Bonchev–Trinajstić information content (AvgIpc) is 2.72. The largest absolute Gasteiger partial charge is 0.490 e. The van der Waals surface area contributed by atoms with Crippen LogP contribution in [0.3, 0.4) is 0 Å². The van der Waals surface area contributed by atoms with Crippen LogP contribution >= 0.6 is 11.6 Å². The number of rotatable bonds is 6. The standard InChI is InChI=1S/C24H19ClO4/c1-16-23(17-6-3-2-4-7-17)24(26)21-11-10-20(15-22(21)29-16)28-13-12-27-19-9-5-8-18(25)14-19/h2-11,14-15H,12-13H2,1H3. The zero-order chi connectivity index (χ0) is 20.2. The molecule has 0 fully saturated rings. The van der Waals surface area contributed by atoms with Crippen LogP contribution < -0.4 is 14.9 Å². The zero-order valence-corrected chi connectivity index (χ0v) is 16.6. The topological polar surface area (TPSA) is 48.7 Å². The second-order valence-electron chi connectivity index (χ2n) is 6.54. The Morgan fingerprint density at radius 1 is 0.862 bits per heavy atom. The van der Waals surface area contributed by atoms with Gasteiger partial charge in [-0.1, -0.05) is 48.0 Å². The van der Waals surface area contributed by atoms with Gasteiger partial charge in [-0.2, -0.15) is 0 Å². The molecule has 146 valence electrons. The fraction of sp³-hybridized carbons (Fsp3) is 0.125. The van der Waals surface area contributed by atoms with E-state index in [-0.39, 0.29) is 5.43 Å². The summed E-state index contributed by atoms with van der Waals surface area (Å²) in [6.07, 6.45) is 0. The van der Waals surface area contributed by atoms with E-state index in [9.17, 15) is 4.79 Å². The summed E-state index contributed by atoms with van der Waals surface area (Å²) in [4.78, 5) is 13.0. The summed E-state index contributed by atoms with van der Waals surface area (Å²) in [6, 6.07) is 22.0. The van der Waals surface area contributed by atoms with Gasteiger partial charge in [-0.15, -0.1) is 0 Å². The molecule has 0 N–H and O–H groups in total. The van der Waals surface area contributed by atoms with E-state index in [0.717, 1.165) is 5.56 Å². The first-order valence-corrected chi connectivity index (χ1v) is 9.64. The van der Waals surface area contributed by atoms with E-state index in [4.69, 9.17) is 25.5 Å². The SMILES string of the molecule is Cc1oc2cc(OCCOc3cccc(Cl)c3)ccc2c(=O)c1-c1ccccc1. The van der Waals surface area contributed by atoms with Crippen LogP contribution in [0.25, 0.3) is 22.1 Å². The fourth-order valence-corrected chi connectivity index (χ4v) is 3.37. The third-order valence-electron chi connectivity index (χ3n) is 4.52. The first-order chi connectivity index (χ1) is 14.1. The minimum atomic E-state index is -0.0502. The van der Waals surface area contributed by atoms with E-state index in [1.54, 1.807) is 37.3 Å². The lowest BCUT2D eigenvalue weighted by Crippen LogP contribution is -2.10. The van der Waals surface area contributed by atoms with Gasteiger partial charge in [0.15, 0.2) is 0 Å². The number of fused-ring (bicyclic) bond motifs is 1. The maximum atomic E-state index is 13.0. The van der Waals surface area contributed by atoms with Crippen molar-refractivity contribution in [1.29, 1.82) is 0 Å². The van der Waals surface area contributed by atoms with Crippen molar-refractivity contribution < 1.29 is 13.9 Å². The van der Waals surface area contributed by atoms with Crippen molar-refractivity contribution in [1.82, 2.24) is 0 Å². The van der Waals surface area contributed by atoms with Gasteiger partial charge < -0.3 is 13.9 Å². The van der Waals surface area contributed by atoms with Crippen molar-refractivity contribution >= 4 is 22.6 Å². The smallest absolute Gasteiger partial charge is 0.200 e. The third-order valence-corrected chi connectivity index (χ3v) is 4.75. The molecule has 0 spiro atoms. The van der Waals surface area contributed by atoms with Crippen LogP contribution in [0.2, 0.25) is 5.02 Å². The van der Waals surface area contributed by atoms with E-state index < -0.39 is 0 Å². The molecule has 0 unspecified atom stereocenters. The molecule has 0 radical (unpaired) electrons. The molecule has 5 heteroatoms. The number of aryl methyl sites for hydroxylation is 1. The number of ether oxygens (including phenoxy) is 2. The Morgan fingerprint density at radius 3 is 2.31 bits per heavy atom. The molecule has 0 aliphatic carbocycles. The molecule has 29 heavy (non-hydrogen) atoms. The maximum absolute atomic E-state index is 13.0. The maximum Gasteiger partial charge on any atom is 0.200 e. The summed E-state index contributed by atoms with van der Waals surface area (Å²) in [6.45, 7) is 2.52. The van der Waals surface area contributed by atoms with Crippen molar-refractivity contribution in [3.8, 4) is 22.6 Å². The van der Waals surface area contributed by atoms with Crippen LogP contribution in [-0.2, 0) is 0 Å². The monoisotopic (exact) mass is 406 g/mol. The second-order valence-corrected chi connectivity index (χ2v) is 6.98. The minimum absolute atomic E-state index is 0.0502. The van der Waals surface area contributed by atoms with Gasteiger partial charge in [0.25, 0.3) is 0 Å². The van der Waals surface area contributed by atoms with Gasteiger partial charge in [-0.3, -0.25) is 4.79 Å². The van der Waals surface area contributed by atoms with Crippen LogP contribution in [0, 0.1) is 6.92 Å². The Morgan fingerprint density at radius 2 is 1.59 bits per heavy atom. The van der Waals surface area contributed by atoms with Crippen LogP contribution in [0.5, 0.6) is 11.5 Å². The lowest BCUT2D eigenvalue weighted by atomic mass is 10.0. The van der Waals surface area contributed by atoms with Crippen molar-refractivity contribution in [3.05, 3.63) is 93.8 Å². The summed E-state index contributed by atoms with van der Waals surface area (Å²) in [7, 11) is 0. The van der Waals surface area contributed by atoms with E-state index >= 15 is 0 Å². The van der Waals surface area contributed by atoms with Gasteiger partial charge in [-0.05, 0) is 42.8 Å². The van der Waals surface area contributed by atoms with E-state index in [1.165, 1.54) is 0 Å². The number of halogens is 1. The lowest BCUT2D eigenvalue weighted by molar-refractivity contribution is 0.217. The molecule has 3 aromatic carbocycles. The van der Waals surface area contributed by atoms with Crippen molar-refractivity contribution in [2.75, 3.05) is 13.2 Å². The molecule has 4 rings (SSSR count). The molecule has 0 saturated heterocycles. The van der Waals surface area contributed by atoms with Crippen LogP contribution in [0.1, 0.15) is 5.76 Å². The molecule has 0 bridgehead atoms. The van der Waals surface area contributed by atoms with Crippen molar-refractivity contribution in [2.24, 2.45) is 0 Å². The number of hydrogen-bond acceptors (Lipinski definition) is 4. The molecule has 4 aromatic rings. The van der Waals surface area contributed by atoms with Gasteiger partial charge >= 0.3 is 0 Å². The van der Waals surface area contributed by atoms with Gasteiger partial charge in [-0.25, -0.2) is 0 Å². The first-order valence-electron chi connectivity index (χ1n) is 9.26. The molecular formula is C24H19ClO4. The van der Waals surface area contributed by atoms with Gasteiger partial charge in [0.1, 0.15) is 36.1 Å². The highest BCUT2D eigenvalue weighted by atomic mass is 35.5. The normalized spacial score (nSPS) is 10.8. The van der Waals surface area contributed by atoms with Crippen LogP contribution in [-0.4, -0.2) is 13.2 Å². The zero-order valence-electron chi connectivity index (χ0n) is 15.9. The van der Waals surface area contributed by atoms with E-state index in [0.29, 0.717) is 52.0 Å². The van der Waals surface area contributed by atoms with Gasteiger partial charge in [0, 0.05) is 11.1 Å². The summed E-state index contributed by atoms with van der Waals surface area (Å²) in [5.74, 6) is 1.88. The minimum Gasteiger partial charge on any atom is -0.490 e. The van der Waals surface area contributed by atoms with E-state index in [2.05, 4.69) is 0 Å². The van der Waals surface area contributed by atoms with Gasteiger partial charge in [0.05, 0.1) is 10.9 Å². The predicted molar refractivity (Wildman–Crippen MR) is 115 cm³/mol. The van der Waals surface area contributed by atoms with Crippen LogP contribution in [0.15, 0.2) is 82.0 Å². The highest BCUT2D eigenvalue weighted by Gasteiger charge is 2.13.